The van der Waals surface area contributed by atoms with E-state index < -0.39 is 5.97 Å². The third-order valence-electron chi connectivity index (χ3n) is 1.86. The number of rotatable bonds is 4. The second kappa shape index (κ2) is 5.61. The van der Waals surface area contributed by atoms with E-state index in [2.05, 4.69) is 22.5 Å². The lowest BCUT2D eigenvalue weighted by Gasteiger charge is -2.05. The average molecular weight is 283 g/mol. The number of ketones is 1. The zero-order valence-corrected chi connectivity index (χ0v) is 10.4. The number of carbonyl (C=O) groups excluding carboxylic acids is 2. The van der Waals surface area contributed by atoms with Crippen molar-refractivity contribution in [1.82, 2.24) is 0 Å². The van der Waals surface area contributed by atoms with Gasteiger partial charge < -0.3 is 4.74 Å². The minimum atomic E-state index is -0.555. The van der Waals surface area contributed by atoms with Crippen molar-refractivity contribution < 1.29 is 14.3 Å². The number of hydrogen-bond donors (Lipinski definition) is 0. The van der Waals surface area contributed by atoms with E-state index in [1.54, 1.807) is 24.3 Å². The van der Waals surface area contributed by atoms with Gasteiger partial charge in [0, 0.05) is 15.6 Å². The Hall–Kier alpha value is -1.42. The molecular weight excluding hydrogens is 272 g/mol. The maximum Gasteiger partial charge on any atom is 0.333 e. The van der Waals surface area contributed by atoms with Crippen molar-refractivity contribution in [3.8, 4) is 0 Å². The quantitative estimate of drug-likeness (QED) is 0.485. The highest BCUT2D eigenvalue weighted by atomic mass is 79.9. The molecule has 1 aromatic carbocycles. The SMILES string of the molecule is C=C(C)C(=O)OCC(=O)c1ccccc1Br. The van der Waals surface area contributed by atoms with Crippen molar-refractivity contribution in [3.05, 3.63) is 46.5 Å². The highest BCUT2D eigenvalue weighted by Crippen LogP contribution is 2.16. The summed E-state index contributed by atoms with van der Waals surface area (Å²) in [5.74, 6) is -0.803. The van der Waals surface area contributed by atoms with Gasteiger partial charge in [0.1, 0.15) is 0 Å². The molecule has 0 aromatic heterocycles. The maximum atomic E-state index is 11.7. The molecular formula is C12H11BrO3. The largest absolute Gasteiger partial charge is 0.454 e. The third-order valence-corrected chi connectivity index (χ3v) is 2.55. The molecule has 3 nitrogen and oxygen atoms in total. The molecule has 0 unspecified atom stereocenters. The zero-order chi connectivity index (χ0) is 12.1. The predicted molar refractivity (Wildman–Crippen MR) is 64.2 cm³/mol. The molecule has 0 aliphatic heterocycles. The smallest absolute Gasteiger partial charge is 0.333 e. The maximum absolute atomic E-state index is 11.7. The van der Waals surface area contributed by atoms with Crippen molar-refractivity contribution in [3.63, 3.8) is 0 Å². The number of Topliss-reactive ketones (excluding diaryl/α,β-unsaturated/α-hetero) is 1. The fraction of sp³-hybridized carbons (Fsp3) is 0.167. The van der Waals surface area contributed by atoms with E-state index in [0.717, 1.165) is 0 Å². The van der Waals surface area contributed by atoms with Crippen LogP contribution in [0.25, 0.3) is 0 Å². The van der Waals surface area contributed by atoms with E-state index in [0.29, 0.717) is 10.0 Å². The first-order valence-corrected chi connectivity index (χ1v) is 5.42. The fourth-order valence-corrected chi connectivity index (χ4v) is 1.53. The average Bonchev–Trinajstić information content (AvgIpc) is 2.25. The second-order valence-electron chi connectivity index (χ2n) is 3.26. The van der Waals surface area contributed by atoms with Crippen LogP contribution in [-0.4, -0.2) is 18.4 Å². The molecule has 84 valence electrons. The van der Waals surface area contributed by atoms with Crippen molar-refractivity contribution in [2.45, 2.75) is 6.92 Å². The summed E-state index contributed by atoms with van der Waals surface area (Å²) in [6.45, 7) is 4.69. The monoisotopic (exact) mass is 282 g/mol. The number of esters is 1. The number of ether oxygens (including phenoxy) is 1. The lowest BCUT2D eigenvalue weighted by Crippen LogP contribution is -2.14. The van der Waals surface area contributed by atoms with Gasteiger partial charge in [0.15, 0.2) is 6.61 Å². The zero-order valence-electron chi connectivity index (χ0n) is 8.83. The lowest BCUT2D eigenvalue weighted by atomic mass is 10.1. The lowest BCUT2D eigenvalue weighted by molar-refractivity contribution is -0.137. The molecule has 0 radical (unpaired) electrons. The summed E-state index contributed by atoms with van der Waals surface area (Å²) in [5, 5.41) is 0. The first kappa shape index (κ1) is 12.6. The normalized spacial score (nSPS) is 9.62. The Labute approximate surface area is 102 Å². The summed E-state index contributed by atoms with van der Waals surface area (Å²) in [7, 11) is 0. The molecule has 0 fully saturated rings. The predicted octanol–water partition coefficient (Wildman–Crippen LogP) is 2.75. The van der Waals surface area contributed by atoms with Crippen molar-refractivity contribution in [2.75, 3.05) is 6.61 Å². The molecule has 0 saturated heterocycles. The molecule has 4 heteroatoms. The molecule has 0 aliphatic rings. The second-order valence-corrected chi connectivity index (χ2v) is 4.11. The molecule has 0 N–H and O–H groups in total. The Balaban J connectivity index is 2.64. The Morgan fingerprint density at radius 2 is 2.00 bits per heavy atom. The van der Waals surface area contributed by atoms with Crippen molar-refractivity contribution >= 4 is 27.7 Å². The van der Waals surface area contributed by atoms with Crippen LogP contribution in [0.1, 0.15) is 17.3 Å². The molecule has 0 atom stereocenters. The van der Waals surface area contributed by atoms with E-state index in [1.807, 2.05) is 0 Å². The van der Waals surface area contributed by atoms with Gasteiger partial charge in [-0.3, -0.25) is 4.79 Å². The molecule has 0 spiro atoms. The molecule has 1 rings (SSSR count). The van der Waals surface area contributed by atoms with Crippen molar-refractivity contribution in [2.24, 2.45) is 0 Å². The number of benzene rings is 1. The van der Waals surface area contributed by atoms with Crippen LogP contribution >= 0.6 is 15.9 Å². The number of carbonyl (C=O) groups is 2. The molecule has 0 heterocycles. The van der Waals surface area contributed by atoms with E-state index in [-0.39, 0.29) is 18.0 Å². The van der Waals surface area contributed by atoms with Gasteiger partial charge in [-0.15, -0.1) is 0 Å². The number of hydrogen-bond acceptors (Lipinski definition) is 3. The summed E-state index contributed by atoms with van der Waals surface area (Å²) in [6, 6.07) is 6.98. The van der Waals surface area contributed by atoms with Crippen LogP contribution in [0, 0.1) is 0 Å². The van der Waals surface area contributed by atoms with Gasteiger partial charge >= 0.3 is 5.97 Å². The molecule has 1 aromatic rings. The van der Waals surface area contributed by atoms with E-state index in [9.17, 15) is 9.59 Å². The summed E-state index contributed by atoms with van der Waals surface area (Å²) in [5.41, 5.74) is 0.775. The van der Waals surface area contributed by atoms with Gasteiger partial charge in [0.2, 0.25) is 5.78 Å². The van der Waals surface area contributed by atoms with Crippen LogP contribution in [0.2, 0.25) is 0 Å². The summed E-state index contributed by atoms with van der Waals surface area (Å²) < 4.78 is 5.45. The molecule has 0 aliphatic carbocycles. The minimum Gasteiger partial charge on any atom is -0.454 e. The molecule has 0 bridgehead atoms. The van der Waals surface area contributed by atoms with Crippen LogP contribution in [0.4, 0.5) is 0 Å². The van der Waals surface area contributed by atoms with E-state index in [4.69, 9.17) is 4.74 Å². The summed E-state index contributed by atoms with van der Waals surface area (Å²) in [4.78, 5) is 22.7. The summed E-state index contributed by atoms with van der Waals surface area (Å²) in [6.07, 6.45) is 0. The van der Waals surface area contributed by atoms with Crippen LogP contribution in [0.5, 0.6) is 0 Å². The van der Waals surface area contributed by atoms with Crippen LogP contribution in [0.3, 0.4) is 0 Å². The van der Waals surface area contributed by atoms with Gasteiger partial charge in [-0.05, 0) is 13.0 Å². The molecule has 0 amide bonds. The van der Waals surface area contributed by atoms with Crippen LogP contribution < -0.4 is 0 Å². The van der Waals surface area contributed by atoms with Crippen LogP contribution in [0.15, 0.2) is 40.9 Å². The van der Waals surface area contributed by atoms with Gasteiger partial charge in [-0.1, -0.05) is 40.7 Å². The standard InChI is InChI=1S/C12H11BrO3/c1-8(2)12(15)16-7-11(14)9-5-3-4-6-10(9)13/h3-6H,1,7H2,2H3. The Morgan fingerprint density at radius 1 is 1.38 bits per heavy atom. The molecule has 0 saturated carbocycles. The third kappa shape index (κ3) is 3.31. The van der Waals surface area contributed by atoms with Gasteiger partial charge in [0.05, 0.1) is 0 Å². The highest BCUT2D eigenvalue weighted by Gasteiger charge is 2.12. The van der Waals surface area contributed by atoms with Crippen LogP contribution in [-0.2, 0) is 9.53 Å². The first-order valence-electron chi connectivity index (χ1n) is 4.62. The fourth-order valence-electron chi connectivity index (χ4n) is 1.02. The minimum absolute atomic E-state index is 0.248. The topological polar surface area (TPSA) is 43.4 Å². The molecule has 16 heavy (non-hydrogen) atoms. The van der Waals surface area contributed by atoms with Gasteiger partial charge in [-0.2, -0.15) is 0 Å². The Kier molecular flexibility index (Phi) is 4.43. The number of halogens is 1. The highest BCUT2D eigenvalue weighted by molar-refractivity contribution is 9.10. The van der Waals surface area contributed by atoms with E-state index >= 15 is 0 Å². The van der Waals surface area contributed by atoms with Crippen molar-refractivity contribution in [1.29, 1.82) is 0 Å². The Morgan fingerprint density at radius 3 is 2.56 bits per heavy atom. The first-order chi connectivity index (χ1) is 7.52. The summed E-state index contributed by atoms with van der Waals surface area (Å²) >= 11 is 3.25. The van der Waals surface area contributed by atoms with Gasteiger partial charge in [0.25, 0.3) is 0 Å². The van der Waals surface area contributed by atoms with E-state index in [1.165, 1.54) is 6.92 Å². The van der Waals surface area contributed by atoms with Gasteiger partial charge in [-0.25, -0.2) is 4.79 Å². The Bertz CT molecular complexity index is 438.